The number of hydrogen-bond donors (Lipinski definition) is 0. The summed E-state index contributed by atoms with van der Waals surface area (Å²) in [4.78, 5) is 24.1. The fourth-order valence-electron chi connectivity index (χ4n) is 3.15. The van der Waals surface area contributed by atoms with Gasteiger partial charge in [-0.05, 0) is 30.3 Å². The molecule has 2 aromatic heterocycles. The van der Waals surface area contributed by atoms with E-state index in [4.69, 9.17) is 16.6 Å². The molecule has 0 N–H and O–H groups in total. The Morgan fingerprint density at radius 1 is 1.17 bits per heavy atom. The minimum Gasteiger partial charge on any atom is -0.306 e. The molecule has 0 bridgehead atoms. The van der Waals surface area contributed by atoms with Crippen molar-refractivity contribution in [3.8, 4) is 16.9 Å². The third kappa shape index (κ3) is 5.93. The van der Waals surface area contributed by atoms with Crippen molar-refractivity contribution in [1.29, 1.82) is 0 Å². The first-order chi connectivity index (χ1) is 17.0. The lowest BCUT2D eigenvalue weighted by atomic mass is 9.95. The van der Waals surface area contributed by atoms with Crippen LogP contribution in [0.15, 0.2) is 76.7 Å². The highest BCUT2D eigenvalue weighted by atomic mass is 35.5. The second kappa shape index (κ2) is 10.1. The Hall–Kier alpha value is -3.66. The van der Waals surface area contributed by atoms with Gasteiger partial charge in [-0.25, -0.2) is 9.97 Å². The molecular weight excluding hydrogens is 513 g/mol. The van der Waals surface area contributed by atoms with Crippen LogP contribution >= 0.6 is 22.9 Å². The second-order valence-corrected chi connectivity index (χ2v) is 9.73. The van der Waals surface area contributed by atoms with Crippen molar-refractivity contribution in [3.05, 3.63) is 87.7 Å². The average Bonchev–Trinajstić information content (AvgIpc) is 3.53. The minimum absolute atomic E-state index is 0.153. The molecule has 0 saturated carbocycles. The molecule has 4 aromatic rings. The zero-order valence-electron chi connectivity index (χ0n) is 19.1. The molecule has 4 rings (SSSR count). The van der Waals surface area contributed by atoms with Crippen LogP contribution < -0.4 is 4.91 Å². The van der Waals surface area contributed by atoms with Gasteiger partial charge in [0, 0.05) is 33.3 Å². The molecule has 0 atom stereocenters. The molecule has 0 aliphatic heterocycles. The third-order valence-corrected chi connectivity index (χ3v) is 6.61. The normalized spacial score (nSPS) is 11.7. The fraction of sp³-hybridized carbons (Fsp3) is 0.208. The van der Waals surface area contributed by atoms with Gasteiger partial charge in [-0.2, -0.15) is 13.2 Å². The Kier molecular flexibility index (Phi) is 7.16. The highest BCUT2D eigenvalue weighted by Crippen LogP contribution is 2.31. The summed E-state index contributed by atoms with van der Waals surface area (Å²) in [5.74, 6) is -0.672. The Morgan fingerprint density at radius 2 is 1.92 bits per heavy atom. The Morgan fingerprint density at radius 3 is 2.61 bits per heavy atom. The van der Waals surface area contributed by atoms with Gasteiger partial charge < -0.3 is 4.57 Å². The van der Waals surface area contributed by atoms with E-state index in [0.717, 1.165) is 28.8 Å². The standard InChI is InChI=1S/C24H19ClF3N6OS/c1-23(2,22-31-19(12-36-22)15-6-8-17(25)9-7-15)13-30-33-32-21(35)16-4-3-5-18(10-16)34-11-20(29-14-34)24(26,27)28/h3-12,14H,13H2,1-2H3/q+1. The molecule has 1 amide bonds. The monoisotopic (exact) mass is 531 g/mol. The summed E-state index contributed by atoms with van der Waals surface area (Å²) in [6, 6.07) is 13.4. The molecule has 0 saturated heterocycles. The number of nitrogens with zero attached hydrogens (tertiary/aromatic N) is 6. The number of aromatic nitrogens is 3. The van der Waals surface area contributed by atoms with Crippen LogP contribution in [0.4, 0.5) is 13.2 Å². The molecule has 0 spiro atoms. The zero-order chi connectivity index (χ0) is 25.9. The van der Waals surface area contributed by atoms with Gasteiger partial charge in [-0.1, -0.05) is 43.6 Å². The van der Waals surface area contributed by atoms with E-state index in [-0.39, 0.29) is 12.1 Å². The number of halogens is 4. The maximum absolute atomic E-state index is 12.8. The molecule has 36 heavy (non-hydrogen) atoms. The first kappa shape index (κ1) is 25.4. The molecule has 2 heterocycles. The van der Waals surface area contributed by atoms with Crippen molar-refractivity contribution in [3.63, 3.8) is 0 Å². The Labute approximate surface area is 213 Å². The van der Waals surface area contributed by atoms with Crippen LogP contribution in [0.2, 0.25) is 5.02 Å². The lowest BCUT2D eigenvalue weighted by Crippen LogP contribution is -2.21. The van der Waals surface area contributed by atoms with Crippen molar-refractivity contribution in [2.45, 2.75) is 25.4 Å². The zero-order valence-corrected chi connectivity index (χ0v) is 20.6. The van der Waals surface area contributed by atoms with Gasteiger partial charge in [0.2, 0.25) is 10.0 Å². The maximum Gasteiger partial charge on any atom is 0.434 e. The van der Waals surface area contributed by atoms with E-state index < -0.39 is 23.2 Å². The summed E-state index contributed by atoms with van der Waals surface area (Å²) in [5, 5.41) is 11.1. The molecule has 7 nitrogen and oxygen atoms in total. The summed E-state index contributed by atoms with van der Waals surface area (Å²) in [6.07, 6.45) is -2.68. The molecule has 0 aliphatic rings. The highest BCUT2D eigenvalue weighted by Gasteiger charge is 2.33. The largest absolute Gasteiger partial charge is 0.434 e. The third-order valence-electron chi connectivity index (χ3n) is 5.15. The number of carbonyl (C=O) groups is 1. The van der Waals surface area contributed by atoms with Crippen LogP contribution in [0, 0.1) is 0 Å². The number of rotatable bonds is 6. The number of amides is 1. The smallest absolute Gasteiger partial charge is 0.306 e. The van der Waals surface area contributed by atoms with E-state index in [1.54, 1.807) is 18.2 Å². The van der Waals surface area contributed by atoms with Gasteiger partial charge in [0.25, 0.3) is 0 Å². The number of thiazole rings is 1. The van der Waals surface area contributed by atoms with Gasteiger partial charge in [-0.15, -0.1) is 11.3 Å². The predicted octanol–water partition coefficient (Wildman–Crippen LogP) is 6.76. The number of benzene rings is 2. The summed E-state index contributed by atoms with van der Waals surface area (Å²) < 4.78 is 39.6. The van der Waals surface area contributed by atoms with E-state index in [1.165, 1.54) is 34.1 Å². The van der Waals surface area contributed by atoms with E-state index in [0.29, 0.717) is 10.7 Å². The van der Waals surface area contributed by atoms with Gasteiger partial charge in [0.15, 0.2) is 5.69 Å². The average molecular weight is 532 g/mol. The number of imidazole rings is 1. The number of alkyl halides is 3. The molecule has 12 heteroatoms. The van der Waals surface area contributed by atoms with Crippen molar-refractivity contribution < 1.29 is 18.0 Å². The van der Waals surface area contributed by atoms with Crippen LogP contribution in [-0.2, 0) is 11.6 Å². The van der Waals surface area contributed by atoms with Crippen molar-refractivity contribution in [2.24, 2.45) is 10.2 Å². The molecule has 0 radical (unpaired) electrons. The SMILES string of the molecule is CC(C)(CN=[N+]=NC(=O)c1cccc(-n2cnc(C(F)(F)F)c2)c1)c1nc(-c2ccc(Cl)cc2)cs1. The van der Waals surface area contributed by atoms with E-state index in [1.807, 2.05) is 31.4 Å². The molecule has 0 fully saturated rings. The Bertz CT molecular complexity index is 1450. The van der Waals surface area contributed by atoms with Crippen molar-refractivity contribution >= 4 is 28.8 Å². The fourth-order valence-corrected chi connectivity index (χ4v) is 4.23. The maximum atomic E-state index is 12.8. The quantitative estimate of drug-likeness (QED) is 0.203. The molecule has 0 unspecified atom stereocenters. The van der Waals surface area contributed by atoms with Crippen molar-refractivity contribution in [2.75, 3.05) is 6.54 Å². The first-order valence-electron chi connectivity index (χ1n) is 10.6. The summed E-state index contributed by atoms with van der Waals surface area (Å²) in [6.45, 7) is 4.16. The number of carbonyl (C=O) groups excluding carboxylic acids is 1. The van der Waals surface area contributed by atoms with Crippen molar-refractivity contribution in [1.82, 2.24) is 19.4 Å². The minimum atomic E-state index is -4.56. The van der Waals surface area contributed by atoms with Gasteiger partial charge in [0.1, 0.15) is 16.7 Å². The van der Waals surface area contributed by atoms with E-state index in [2.05, 4.69) is 20.1 Å². The second-order valence-electron chi connectivity index (χ2n) is 8.44. The topological polar surface area (TPSA) is 86.6 Å². The molecule has 184 valence electrons. The highest BCUT2D eigenvalue weighted by molar-refractivity contribution is 7.10. The summed E-state index contributed by atoms with van der Waals surface area (Å²) >= 11 is 7.44. The van der Waals surface area contributed by atoms with E-state index >= 15 is 0 Å². The van der Waals surface area contributed by atoms with Crippen LogP contribution in [0.25, 0.3) is 16.9 Å². The first-order valence-corrected chi connectivity index (χ1v) is 11.8. The summed E-state index contributed by atoms with van der Waals surface area (Å²) in [7, 11) is 0. The molecular formula is C24H19ClF3N6OS+. The lowest BCUT2D eigenvalue weighted by molar-refractivity contribution is -0.140. The van der Waals surface area contributed by atoms with Crippen LogP contribution in [0.1, 0.15) is 34.9 Å². The van der Waals surface area contributed by atoms with Gasteiger partial charge in [0.05, 0.1) is 17.6 Å². The van der Waals surface area contributed by atoms with E-state index in [9.17, 15) is 18.0 Å². The lowest BCUT2D eigenvalue weighted by Gasteiger charge is -2.15. The summed E-state index contributed by atoms with van der Waals surface area (Å²) in [5.41, 5.74) is 0.789. The molecule has 2 aromatic carbocycles. The predicted molar refractivity (Wildman–Crippen MR) is 130 cm³/mol. The van der Waals surface area contributed by atoms with Crippen LogP contribution in [-0.4, -0.2) is 27.0 Å². The Balaban J connectivity index is 1.43. The van der Waals surface area contributed by atoms with Crippen LogP contribution in [0.5, 0.6) is 0 Å². The van der Waals surface area contributed by atoms with Gasteiger partial charge in [-0.3, -0.25) is 4.79 Å². The van der Waals surface area contributed by atoms with Crippen LogP contribution in [0.3, 0.4) is 0 Å². The number of hydrogen-bond acceptors (Lipinski definition) is 5. The molecule has 0 aliphatic carbocycles. The van der Waals surface area contributed by atoms with Gasteiger partial charge >= 0.3 is 12.1 Å².